The molecule has 0 aliphatic heterocycles. The topological polar surface area (TPSA) is 105 Å². The second-order valence-corrected chi connectivity index (χ2v) is 10.1. The van der Waals surface area contributed by atoms with E-state index in [0.717, 1.165) is 12.8 Å². The lowest BCUT2D eigenvalue weighted by Crippen LogP contribution is -2.32. The Morgan fingerprint density at radius 1 is 0.816 bits per heavy atom. The van der Waals surface area contributed by atoms with E-state index < -0.39 is 23.9 Å². The number of rotatable bonds is 8. The molecular formula is C30H32O8. The number of benzene rings is 1. The smallest absolute Gasteiger partial charge is 0.434 e. The molecule has 0 atom stereocenters. The van der Waals surface area contributed by atoms with Crippen molar-refractivity contribution in [1.29, 1.82) is 0 Å². The number of carbonyl (C=O) groups excluding carboxylic acids is 4. The minimum Gasteiger partial charge on any atom is -0.434 e. The average Bonchev–Trinajstić information content (AvgIpc) is 2.88. The monoisotopic (exact) mass is 520 g/mol. The average molecular weight is 521 g/mol. The molecule has 0 fully saturated rings. The molecule has 0 saturated carbocycles. The van der Waals surface area contributed by atoms with Gasteiger partial charge in [-0.15, -0.1) is 0 Å². The summed E-state index contributed by atoms with van der Waals surface area (Å²) in [6.07, 6.45) is 4.89. The van der Waals surface area contributed by atoms with Crippen LogP contribution in [0.15, 0.2) is 64.5 Å². The fraction of sp³-hybridized carbons (Fsp3) is 0.400. The molecule has 3 aliphatic carbocycles. The van der Waals surface area contributed by atoms with E-state index in [9.17, 15) is 19.2 Å². The second-order valence-electron chi connectivity index (χ2n) is 10.1. The van der Waals surface area contributed by atoms with Crippen molar-refractivity contribution in [2.24, 2.45) is 5.41 Å². The second kappa shape index (κ2) is 11.2. The number of Topliss-reactive ketones (excluding diaryl/α,β-unsaturated/α-hetero) is 2. The van der Waals surface area contributed by atoms with Gasteiger partial charge in [0, 0.05) is 22.3 Å². The van der Waals surface area contributed by atoms with E-state index in [1.165, 1.54) is 0 Å². The SMILES string of the molecule is CCCCOC(=O)OC1=C2C(=O)c3ccccc3C(OC(=O)OCCCC)=C2C(=O)C2=C1CC(C)(C)C=C2. The molecule has 8 nitrogen and oxygen atoms in total. The summed E-state index contributed by atoms with van der Waals surface area (Å²) in [6.45, 7) is 8.18. The molecule has 0 amide bonds. The molecule has 3 aliphatic rings. The van der Waals surface area contributed by atoms with E-state index in [1.54, 1.807) is 30.3 Å². The van der Waals surface area contributed by atoms with Gasteiger partial charge in [-0.25, -0.2) is 9.59 Å². The summed E-state index contributed by atoms with van der Waals surface area (Å²) in [5, 5.41) is 0. The van der Waals surface area contributed by atoms with Crippen molar-refractivity contribution in [3.05, 3.63) is 75.6 Å². The predicted molar refractivity (Wildman–Crippen MR) is 139 cm³/mol. The van der Waals surface area contributed by atoms with Gasteiger partial charge in [0.25, 0.3) is 0 Å². The van der Waals surface area contributed by atoms with Crippen molar-refractivity contribution in [2.75, 3.05) is 13.2 Å². The third kappa shape index (κ3) is 5.35. The van der Waals surface area contributed by atoms with Gasteiger partial charge in [-0.2, -0.15) is 0 Å². The summed E-state index contributed by atoms with van der Waals surface area (Å²) in [5.41, 5.74) is 0.581. The van der Waals surface area contributed by atoms with E-state index >= 15 is 0 Å². The Balaban J connectivity index is 1.89. The number of ketones is 2. The molecule has 0 N–H and O–H groups in total. The fourth-order valence-corrected chi connectivity index (χ4v) is 4.57. The first kappa shape index (κ1) is 27.1. The van der Waals surface area contributed by atoms with Crippen LogP contribution in [0.2, 0.25) is 0 Å². The van der Waals surface area contributed by atoms with Crippen LogP contribution in [0.25, 0.3) is 5.76 Å². The first-order valence-corrected chi connectivity index (χ1v) is 13.0. The van der Waals surface area contributed by atoms with Crippen LogP contribution in [-0.2, 0) is 23.7 Å². The molecule has 0 spiro atoms. The Morgan fingerprint density at radius 3 is 1.97 bits per heavy atom. The number of fused-ring (bicyclic) bond motifs is 2. The molecule has 4 rings (SSSR count). The molecule has 200 valence electrons. The first-order valence-electron chi connectivity index (χ1n) is 13.0. The quantitative estimate of drug-likeness (QED) is 0.278. The number of hydrogen-bond donors (Lipinski definition) is 0. The minimum atomic E-state index is -0.987. The fourth-order valence-electron chi connectivity index (χ4n) is 4.57. The summed E-state index contributed by atoms with van der Waals surface area (Å²) in [5.74, 6) is -1.15. The third-order valence-electron chi connectivity index (χ3n) is 6.56. The Kier molecular flexibility index (Phi) is 7.99. The lowest BCUT2D eigenvalue weighted by atomic mass is 9.70. The Bertz CT molecular complexity index is 1310. The molecule has 0 heterocycles. The van der Waals surface area contributed by atoms with Crippen LogP contribution in [0.1, 0.15) is 75.7 Å². The van der Waals surface area contributed by atoms with Crippen LogP contribution < -0.4 is 0 Å². The van der Waals surface area contributed by atoms with Gasteiger partial charge in [0.1, 0.15) is 0 Å². The van der Waals surface area contributed by atoms with Crippen LogP contribution in [0, 0.1) is 5.41 Å². The molecule has 1 aromatic carbocycles. The highest BCUT2D eigenvalue weighted by Crippen LogP contribution is 2.48. The van der Waals surface area contributed by atoms with Crippen molar-refractivity contribution < 1.29 is 38.1 Å². The molecule has 0 aromatic heterocycles. The molecule has 0 saturated heterocycles. The molecule has 0 radical (unpaired) electrons. The number of unbranched alkanes of at least 4 members (excludes halogenated alkanes) is 2. The van der Waals surface area contributed by atoms with Gasteiger partial charge >= 0.3 is 12.3 Å². The number of ether oxygens (including phenoxy) is 4. The molecule has 0 unspecified atom stereocenters. The highest BCUT2D eigenvalue weighted by Gasteiger charge is 2.45. The highest BCUT2D eigenvalue weighted by molar-refractivity contribution is 6.31. The molecule has 0 bridgehead atoms. The maximum Gasteiger partial charge on any atom is 0.513 e. The summed E-state index contributed by atoms with van der Waals surface area (Å²) >= 11 is 0. The number of allylic oxidation sites excluding steroid dienone is 6. The van der Waals surface area contributed by atoms with E-state index in [4.69, 9.17) is 18.9 Å². The normalized spacial score (nSPS) is 17.6. The van der Waals surface area contributed by atoms with Crippen LogP contribution in [0.4, 0.5) is 9.59 Å². The Morgan fingerprint density at radius 2 is 1.37 bits per heavy atom. The zero-order valence-corrected chi connectivity index (χ0v) is 22.2. The van der Waals surface area contributed by atoms with Crippen molar-refractivity contribution in [1.82, 2.24) is 0 Å². The van der Waals surface area contributed by atoms with Gasteiger partial charge in [-0.3, -0.25) is 9.59 Å². The zero-order valence-electron chi connectivity index (χ0n) is 22.2. The van der Waals surface area contributed by atoms with Gasteiger partial charge < -0.3 is 18.9 Å². The summed E-state index contributed by atoms with van der Waals surface area (Å²) < 4.78 is 21.7. The van der Waals surface area contributed by atoms with Gasteiger partial charge in [0.15, 0.2) is 23.1 Å². The maximum atomic E-state index is 13.9. The maximum absolute atomic E-state index is 13.9. The lowest BCUT2D eigenvalue weighted by molar-refractivity contribution is -0.112. The predicted octanol–water partition coefficient (Wildman–Crippen LogP) is 6.62. The van der Waals surface area contributed by atoms with Gasteiger partial charge in [-0.05, 0) is 24.7 Å². The van der Waals surface area contributed by atoms with Gasteiger partial charge in [0.05, 0.1) is 24.4 Å². The molecular weight excluding hydrogens is 488 g/mol. The zero-order chi connectivity index (χ0) is 27.4. The summed E-state index contributed by atoms with van der Waals surface area (Å²) in [4.78, 5) is 53.0. The van der Waals surface area contributed by atoms with Gasteiger partial charge in [0.2, 0.25) is 0 Å². The van der Waals surface area contributed by atoms with Crippen LogP contribution in [0.3, 0.4) is 0 Å². The highest BCUT2D eigenvalue weighted by atomic mass is 16.7. The minimum absolute atomic E-state index is 0.0477. The largest absolute Gasteiger partial charge is 0.513 e. The number of carbonyl (C=O) groups is 4. The van der Waals surface area contributed by atoms with Crippen molar-refractivity contribution in [3.63, 3.8) is 0 Å². The van der Waals surface area contributed by atoms with Crippen molar-refractivity contribution >= 4 is 29.6 Å². The molecule has 8 heteroatoms. The lowest BCUT2D eigenvalue weighted by Gasteiger charge is -2.34. The van der Waals surface area contributed by atoms with Crippen molar-refractivity contribution in [2.45, 2.75) is 59.8 Å². The van der Waals surface area contributed by atoms with E-state index in [2.05, 4.69) is 0 Å². The number of hydrogen-bond acceptors (Lipinski definition) is 8. The van der Waals surface area contributed by atoms with E-state index in [-0.39, 0.29) is 58.0 Å². The van der Waals surface area contributed by atoms with Crippen LogP contribution in [0.5, 0.6) is 0 Å². The first-order chi connectivity index (χ1) is 18.2. The molecule has 38 heavy (non-hydrogen) atoms. The summed E-state index contributed by atoms with van der Waals surface area (Å²) in [7, 11) is 0. The molecule has 1 aromatic rings. The van der Waals surface area contributed by atoms with Crippen LogP contribution in [-0.4, -0.2) is 37.1 Å². The van der Waals surface area contributed by atoms with E-state index in [0.29, 0.717) is 24.8 Å². The van der Waals surface area contributed by atoms with Gasteiger partial charge in [-0.1, -0.05) is 77.0 Å². The van der Waals surface area contributed by atoms with E-state index in [1.807, 2.05) is 33.8 Å². The Hall–Kier alpha value is -3.94. The standard InChI is InChI=1S/C30H32O8/c1-5-7-15-35-28(33)37-26-20-12-10-9-11-18(20)24(31)23-22(26)25(32)19-13-14-30(3,4)17-21(19)27(23)38-29(34)36-16-8-6-2/h9-14H,5-8,15-17H2,1-4H3. The Labute approximate surface area is 222 Å². The van der Waals surface area contributed by atoms with Crippen molar-refractivity contribution in [3.8, 4) is 0 Å². The summed E-state index contributed by atoms with van der Waals surface area (Å²) in [6, 6.07) is 6.52. The third-order valence-corrected chi connectivity index (χ3v) is 6.56. The van der Waals surface area contributed by atoms with Crippen LogP contribution >= 0.6 is 0 Å².